The topological polar surface area (TPSA) is 23.6 Å². The number of benzene rings is 1. The lowest BCUT2D eigenvalue weighted by atomic mass is 10.1. The zero-order valence-corrected chi connectivity index (χ0v) is 11.8. The van der Waals surface area contributed by atoms with Gasteiger partial charge in [-0.2, -0.15) is 0 Å². The van der Waals surface area contributed by atoms with Crippen LogP contribution in [0.25, 0.3) is 0 Å². The monoisotopic (exact) mass is 298 g/mol. The van der Waals surface area contributed by atoms with E-state index in [1.165, 1.54) is 0 Å². The molecule has 2 heterocycles. The fraction of sp³-hybridized carbons (Fsp3) is 0.533. The van der Waals surface area contributed by atoms with Gasteiger partial charge in [-0.1, -0.05) is 0 Å². The van der Waals surface area contributed by atoms with Crippen LogP contribution >= 0.6 is 0 Å². The van der Waals surface area contributed by atoms with Crippen LogP contribution in [-0.4, -0.2) is 47.4 Å². The van der Waals surface area contributed by atoms with E-state index in [2.05, 4.69) is 4.90 Å². The van der Waals surface area contributed by atoms with Gasteiger partial charge in [0.2, 0.25) is 0 Å². The first-order valence-electron chi connectivity index (χ1n) is 7.17. The summed E-state index contributed by atoms with van der Waals surface area (Å²) in [6.07, 6.45) is 2.14. The molecular formula is C15H17F3N2O. The molecule has 6 heteroatoms. The quantitative estimate of drug-likeness (QED) is 0.743. The van der Waals surface area contributed by atoms with Crippen molar-refractivity contribution in [2.24, 2.45) is 0 Å². The summed E-state index contributed by atoms with van der Waals surface area (Å²) in [6, 6.07) is 1.84. The Hall–Kier alpha value is -1.56. The average Bonchev–Trinajstić information content (AvgIpc) is 2.89. The van der Waals surface area contributed by atoms with E-state index in [9.17, 15) is 18.0 Å². The van der Waals surface area contributed by atoms with Gasteiger partial charge in [0.25, 0.3) is 5.91 Å². The lowest BCUT2D eigenvalue weighted by Crippen LogP contribution is -2.56. The summed E-state index contributed by atoms with van der Waals surface area (Å²) in [5.74, 6) is -4.64. The molecule has 3 rings (SSSR count). The molecular weight excluding hydrogens is 281 g/mol. The smallest absolute Gasteiger partial charge is 0.254 e. The Bertz CT molecular complexity index is 555. The third kappa shape index (κ3) is 2.52. The molecule has 2 unspecified atom stereocenters. The number of carbonyl (C=O) groups is 1. The lowest BCUT2D eigenvalue weighted by Gasteiger charge is -2.42. The number of nitrogens with zero attached hydrogens (tertiary/aromatic N) is 2. The van der Waals surface area contributed by atoms with Crippen molar-refractivity contribution in [3.63, 3.8) is 0 Å². The van der Waals surface area contributed by atoms with Gasteiger partial charge in [0, 0.05) is 30.7 Å². The second kappa shape index (κ2) is 5.33. The Morgan fingerprint density at radius 1 is 1.19 bits per heavy atom. The number of fused-ring (bicyclic) bond motifs is 1. The van der Waals surface area contributed by atoms with Gasteiger partial charge in [-0.25, -0.2) is 13.2 Å². The van der Waals surface area contributed by atoms with Gasteiger partial charge in [-0.05, 0) is 38.4 Å². The Morgan fingerprint density at radius 2 is 1.86 bits per heavy atom. The molecule has 0 aromatic heterocycles. The van der Waals surface area contributed by atoms with Crippen LogP contribution in [0.3, 0.4) is 0 Å². The van der Waals surface area contributed by atoms with Gasteiger partial charge in [-0.3, -0.25) is 9.69 Å². The molecule has 2 aliphatic rings. The van der Waals surface area contributed by atoms with Gasteiger partial charge in [0.1, 0.15) is 0 Å². The molecule has 2 atom stereocenters. The van der Waals surface area contributed by atoms with Crippen molar-refractivity contribution in [1.82, 2.24) is 9.80 Å². The average molecular weight is 298 g/mol. The number of halogens is 3. The highest BCUT2D eigenvalue weighted by molar-refractivity contribution is 5.94. The summed E-state index contributed by atoms with van der Waals surface area (Å²) >= 11 is 0. The van der Waals surface area contributed by atoms with Gasteiger partial charge in [0.05, 0.1) is 0 Å². The third-order valence-electron chi connectivity index (χ3n) is 4.43. The first-order valence-corrected chi connectivity index (χ1v) is 7.17. The maximum Gasteiger partial charge on any atom is 0.254 e. The first-order chi connectivity index (χ1) is 9.97. The molecule has 2 saturated heterocycles. The fourth-order valence-corrected chi connectivity index (χ4v) is 3.32. The highest BCUT2D eigenvalue weighted by atomic mass is 19.2. The maximum absolute atomic E-state index is 13.3. The highest BCUT2D eigenvalue weighted by Gasteiger charge is 2.37. The minimum absolute atomic E-state index is 0.0250. The van der Waals surface area contributed by atoms with E-state index in [0.29, 0.717) is 12.6 Å². The van der Waals surface area contributed by atoms with Crippen molar-refractivity contribution in [3.8, 4) is 0 Å². The van der Waals surface area contributed by atoms with Crippen LogP contribution < -0.4 is 0 Å². The van der Waals surface area contributed by atoms with Gasteiger partial charge >= 0.3 is 0 Å². The van der Waals surface area contributed by atoms with E-state index >= 15 is 0 Å². The summed E-state index contributed by atoms with van der Waals surface area (Å²) in [5, 5.41) is 0. The molecule has 0 spiro atoms. The van der Waals surface area contributed by atoms with Crippen LogP contribution in [0.1, 0.15) is 30.1 Å². The first kappa shape index (κ1) is 14.4. The number of amides is 1. The standard InChI is InChI=1S/C15H17F3N2O/c1-9-7-19-4-2-3-11(19)8-20(9)15(21)10-5-12(16)14(18)13(17)6-10/h5-6,9,11H,2-4,7-8H2,1H3. The van der Waals surface area contributed by atoms with E-state index < -0.39 is 23.4 Å². The van der Waals surface area contributed by atoms with Crippen molar-refractivity contribution in [3.05, 3.63) is 35.1 Å². The second-order valence-electron chi connectivity index (χ2n) is 5.85. The van der Waals surface area contributed by atoms with Crippen molar-refractivity contribution < 1.29 is 18.0 Å². The number of rotatable bonds is 1. The molecule has 1 aromatic rings. The zero-order chi connectivity index (χ0) is 15.1. The molecule has 1 aromatic carbocycles. The second-order valence-corrected chi connectivity index (χ2v) is 5.85. The fourth-order valence-electron chi connectivity index (χ4n) is 3.32. The SMILES string of the molecule is CC1CN2CCCC2CN1C(=O)c1cc(F)c(F)c(F)c1. The largest absolute Gasteiger partial charge is 0.333 e. The molecule has 2 aliphatic heterocycles. The molecule has 2 fully saturated rings. The summed E-state index contributed by atoms with van der Waals surface area (Å²) in [5.41, 5.74) is -0.135. The van der Waals surface area contributed by atoms with Gasteiger partial charge in [-0.15, -0.1) is 0 Å². The Labute approximate surface area is 121 Å². The summed E-state index contributed by atoms with van der Waals surface area (Å²) in [7, 11) is 0. The Balaban J connectivity index is 1.84. The van der Waals surface area contributed by atoms with Crippen LogP contribution in [0, 0.1) is 17.5 Å². The van der Waals surface area contributed by atoms with Gasteiger partial charge < -0.3 is 4.90 Å². The molecule has 114 valence electrons. The van der Waals surface area contributed by atoms with Crippen molar-refractivity contribution in [2.45, 2.75) is 31.8 Å². The summed E-state index contributed by atoms with van der Waals surface area (Å²) in [4.78, 5) is 16.5. The third-order valence-corrected chi connectivity index (χ3v) is 4.43. The molecule has 3 nitrogen and oxygen atoms in total. The molecule has 0 bridgehead atoms. The molecule has 0 N–H and O–H groups in total. The van der Waals surface area contributed by atoms with Crippen molar-refractivity contribution in [1.29, 1.82) is 0 Å². The Morgan fingerprint density at radius 3 is 2.52 bits per heavy atom. The number of hydrogen-bond donors (Lipinski definition) is 0. The van der Waals surface area contributed by atoms with E-state index in [4.69, 9.17) is 0 Å². The normalized spacial score (nSPS) is 26.0. The minimum atomic E-state index is -1.54. The lowest BCUT2D eigenvalue weighted by molar-refractivity contribution is 0.0394. The van der Waals surface area contributed by atoms with Crippen molar-refractivity contribution in [2.75, 3.05) is 19.6 Å². The Kier molecular flexibility index (Phi) is 3.65. The molecule has 0 saturated carbocycles. The summed E-state index contributed by atoms with van der Waals surface area (Å²) < 4.78 is 39.6. The van der Waals surface area contributed by atoms with E-state index in [-0.39, 0.29) is 11.6 Å². The zero-order valence-electron chi connectivity index (χ0n) is 11.8. The van der Waals surface area contributed by atoms with Gasteiger partial charge in [0.15, 0.2) is 17.5 Å². The van der Waals surface area contributed by atoms with E-state index in [1.54, 1.807) is 4.90 Å². The van der Waals surface area contributed by atoms with E-state index in [0.717, 1.165) is 38.1 Å². The van der Waals surface area contributed by atoms with E-state index in [1.807, 2.05) is 6.92 Å². The number of carbonyl (C=O) groups excluding carboxylic acids is 1. The molecule has 21 heavy (non-hydrogen) atoms. The maximum atomic E-state index is 13.3. The van der Waals surface area contributed by atoms with Crippen LogP contribution in [0.5, 0.6) is 0 Å². The summed E-state index contributed by atoms with van der Waals surface area (Å²) in [6.45, 7) is 4.28. The van der Waals surface area contributed by atoms with Crippen LogP contribution in [0.15, 0.2) is 12.1 Å². The predicted molar refractivity (Wildman–Crippen MR) is 71.4 cm³/mol. The number of piperazine rings is 1. The van der Waals surface area contributed by atoms with Crippen LogP contribution in [-0.2, 0) is 0 Å². The highest BCUT2D eigenvalue weighted by Crippen LogP contribution is 2.26. The molecule has 0 radical (unpaired) electrons. The molecule has 1 amide bonds. The minimum Gasteiger partial charge on any atom is -0.333 e. The number of hydrogen-bond acceptors (Lipinski definition) is 2. The van der Waals surface area contributed by atoms with Crippen molar-refractivity contribution >= 4 is 5.91 Å². The van der Waals surface area contributed by atoms with Crippen LogP contribution in [0.4, 0.5) is 13.2 Å². The molecule has 0 aliphatic carbocycles. The van der Waals surface area contributed by atoms with Crippen LogP contribution in [0.2, 0.25) is 0 Å². The predicted octanol–water partition coefficient (Wildman–Crippen LogP) is 2.41.